The summed E-state index contributed by atoms with van der Waals surface area (Å²) in [4.78, 5) is 14.0. The number of aryl methyl sites for hydroxylation is 1. The van der Waals surface area contributed by atoms with E-state index in [4.69, 9.17) is 15.2 Å². The number of alkyl halides is 3. The molecule has 3 N–H and O–H groups in total. The number of benzene rings is 1. The van der Waals surface area contributed by atoms with Crippen LogP contribution in [0.2, 0.25) is 0 Å². The molecule has 1 saturated carbocycles. The van der Waals surface area contributed by atoms with Crippen molar-refractivity contribution < 1.29 is 22.6 Å². The van der Waals surface area contributed by atoms with Crippen molar-refractivity contribution >= 4 is 34.2 Å². The third-order valence-corrected chi connectivity index (χ3v) is 7.21. The first kappa shape index (κ1) is 23.9. The monoisotopic (exact) mass is 505 g/mol. The summed E-state index contributed by atoms with van der Waals surface area (Å²) in [6.45, 7) is 4.71. The quantitative estimate of drug-likeness (QED) is 0.433. The van der Waals surface area contributed by atoms with Crippen molar-refractivity contribution in [1.82, 2.24) is 15.0 Å². The zero-order valence-corrected chi connectivity index (χ0v) is 20.2. The second kappa shape index (κ2) is 9.34. The Kier molecular flexibility index (Phi) is 6.39. The molecule has 0 spiro atoms. The van der Waals surface area contributed by atoms with Crippen LogP contribution in [0.5, 0.6) is 5.75 Å². The number of fused-ring (bicyclic) bond motifs is 1. The van der Waals surface area contributed by atoms with E-state index in [9.17, 15) is 13.2 Å². The number of pyridine rings is 1. The number of hydrogen-bond acceptors (Lipinski definition) is 8. The molecular weight excluding hydrogens is 479 g/mol. The van der Waals surface area contributed by atoms with Gasteiger partial charge in [-0.15, -0.1) is 11.8 Å². The lowest BCUT2D eigenvalue weighted by Gasteiger charge is -2.20. The minimum Gasteiger partial charge on any atom is -0.487 e. The van der Waals surface area contributed by atoms with Gasteiger partial charge in [0.05, 0.1) is 35.4 Å². The lowest BCUT2D eigenvalue weighted by Crippen LogP contribution is -2.17. The third kappa shape index (κ3) is 5.56. The molecule has 1 aliphatic carbocycles. The van der Waals surface area contributed by atoms with Gasteiger partial charge in [0.2, 0.25) is 0 Å². The second-order valence-electron chi connectivity index (χ2n) is 8.93. The van der Waals surface area contributed by atoms with Crippen LogP contribution in [0, 0.1) is 6.92 Å². The highest BCUT2D eigenvalue weighted by Crippen LogP contribution is 2.45. The lowest BCUT2D eigenvalue weighted by atomic mass is 10.1. The number of nitrogens with zero attached hydrogens (tertiary/aromatic N) is 3. The number of rotatable bonds is 7. The Morgan fingerprint density at radius 3 is 2.63 bits per heavy atom. The van der Waals surface area contributed by atoms with Crippen LogP contribution in [0.3, 0.4) is 0 Å². The van der Waals surface area contributed by atoms with E-state index in [-0.39, 0.29) is 17.5 Å². The summed E-state index contributed by atoms with van der Waals surface area (Å²) in [6, 6.07) is 5.60. The smallest absolute Gasteiger partial charge is 0.433 e. The number of aromatic nitrogens is 3. The molecule has 0 unspecified atom stereocenters. The first-order valence-corrected chi connectivity index (χ1v) is 12.4. The van der Waals surface area contributed by atoms with Crippen LogP contribution in [0.25, 0.3) is 10.9 Å². The highest BCUT2D eigenvalue weighted by Gasteiger charge is 2.33. The summed E-state index contributed by atoms with van der Waals surface area (Å²) in [5.74, 6) is 1.78. The molecule has 7 nitrogen and oxygen atoms in total. The summed E-state index contributed by atoms with van der Waals surface area (Å²) in [5, 5.41) is 4.51. The van der Waals surface area contributed by atoms with Crippen LogP contribution in [0.1, 0.15) is 49.4 Å². The summed E-state index contributed by atoms with van der Waals surface area (Å²) in [5.41, 5.74) is 5.61. The van der Waals surface area contributed by atoms with E-state index in [0.717, 1.165) is 34.0 Å². The second-order valence-corrected chi connectivity index (χ2v) is 10.3. The molecule has 11 heteroatoms. The summed E-state index contributed by atoms with van der Waals surface area (Å²) >= 11 is 1.79. The van der Waals surface area contributed by atoms with Crippen LogP contribution in [-0.4, -0.2) is 39.5 Å². The Bertz CT molecular complexity index is 1250. The number of halogens is 3. The highest BCUT2D eigenvalue weighted by molar-refractivity contribution is 8.00. The Balaban J connectivity index is 1.51. The largest absolute Gasteiger partial charge is 0.487 e. The van der Waals surface area contributed by atoms with E-state index in [0.29, 0.717) is 30.1 Å². The van der Waals surface area contributed by atoms with Gasteiger partial charge in [-0.3, -0.25) is 0 Å². The minimum atomic E-state index is -4.59. The Morgan fingerprint density at radius 1 is 1.14 bits per heavy atom. The van der Waals surface area contributed by atoms with Crippen LogP contribution in [0.15, 0.2) is 29.2 Å². The molecular formula is C24H26F3N5O2S. The first-order chi connectivity index (χ1) is 16.7. The van der Waals surface area contributed by atoms with E-state index in [1.54, 1.807) is 25.6 Å². The van der Waals surface area contributed by atoms with Gasteiger partial charge in [-0.25, -0.2) is 15.0 Å². The molecule has 3 heterocycles. The first-order valence-electron chi connectivity index (χ1n) is 11.5. The molecule has 1 saturated heterocycles. The fraction of sp³-hybridized carbons (Fsp3) is 0.458. The average Bonchev–Trinajstić information content (AvgIpc) is 3.45. The molecule has 2 fully saturated rings. The van der Waals surface area contributed by atoms with Gasteiger partial charge in [0, 0.05) is 22.7 Å². The molecule has 2 aliphatic rings. The van der Waals surface area contributed by atoms with Gasteiger partial charge in [0.1, 0.15) is 29.2 Å². The normalized spacial score (nSPS) is 19.2. The van der Waals surface area contributed by atoms with Crippen molar-refractivity contribution in [3.05, 3.63) is 41.5 Å². The molecule has 2 atom stereocenters. The number of thioether (sulfide) groups is 1. The fourth-order valence-electron chi connectivity index (χ4n) is 3.92. The maximum atomic E-state index is 13.3. The van der Waals surface area contributed by atoms with Crippen LogP contribution < -0.4 is 15.8 Å². The SMILES string of the molecule is Cc1nc(N[C@H](C)c2cc(N)cc(C(F)(F)F)n2)c2cc(O[C@H]3CCOC3)c(SC3CC3)cc2n1. The highest BCUT2D eigenvalue weighted by atomic mass is 32.2. The zero-order chi connectivity index (χ0) is 24.7. The summed E-state index contributed by atoms with van der Waals surface area (Å²) in [7, 11) is 0. The molecule has 2 aromatic heterocycles. The molecule has 1 aliphatic heterocycles. The topological polar surface area (TPSA) is 95.2 Å². The van der Waals surface area contributed by atoms with Crippen LogP contribution in [0.4, 0.5) is 24.7 Å². The van der Waals surface area contributed by atoms with Gasteiger partial charge in [-0.2, -0.15) is 13.2 Å². The van der Waals surface area contributed by atoms with Gasteiger partial charge in [0.25, 0.3) is 0 Å². The Morgan fingerprint density at radius 2 is 1.94 bits per heavy atom. The van der Waals surface area contributed by atoms with Gasteiger partial charge in [-0.1, -0.05) is 0 Å². The molecule has 0 amide bonds. The minimum absolute atomic E-state index is 0.00378. The molecule has 0 bridgehead atoms. The van der Waals surface area contributed by atoms with Gasteiger partial charge < -0.3 is 20.5 Å². The van der Waals surface area contributed by atoms with Gasteiger partial charge in [-0.05, 0) is 51.0 Å². The van der Waals surface area contributed by atoms with Crippen molar-refractivity contribution in [1.29, 1.82) is 0 Å². The number of nitrogens with two attached hydrogens (primary N) is 1. The predicted octanol–water partition coefficient (Wildman–Crippen LogP) is 5.53. The van der Waals surface area contributed by atoms with Crippen molar-refractivity contribution in [3.8, 4) is 5.75 Å². The fourth-order valence-corrected chi connectivity index (χ4v) is 5.05. The third-order valence-electron chi connectivity index (χ3n) is 5.83. The molecule has 35 heavy (non-hydrogen) atoms. The van der Waals surface area contributed by atoms with Gasteiger partial charge >= 0.3 is 6.18 Å². The Hall–Kier alpha value is -2.79. The number of anilines is 2. The van der Waals surface area contributed by atoms with Gasteiger partial charge in [0.15, 0.2) is 0 Å². The summed E-state index contributed by atoms with van der Waals surface area (Å²) in [6.07, 6.45) is -1.44. The molecule has 5 rings (SSSR count). The number of nitrogen functional groups attached to an aromatic ring is 1. The zero-order valence-electron chi connectivity index (χ0n) is 19.4. The molecule has 186 valence electrons. The molecule has 0 radical (unpaired) electrons. The summed E-state index contributed by atoms with van der Waals surface area (Å²) < 4.78 is 51.6. The van der Waals surface area contributed by atoms with E-state index < -0.39 is 17.9 Å². The van der Waals surface area contributed by atoms with Crippen LogP contribution >= 0.6 is 11.8 Å². The van der Waals surface area contributed by atoms with E-state index in [1.165, 1.54) is 18.9 Å². The number of nitrogens with one attached hydrogen (secondary N) is 1. The number of hydrogen-bond donors (Lipinski definition) is 2. The predicted molar refractivity (Wildman–Crippen MR) is 129 cm³/mol. The Labute approximate surface area is 205 Å². The van der Waals surface area contributed by atoms with Crippen molar-refractivity contribution in [2.45, 2.75) is 61.6 Å². The standard InChI is InChI=1S/C24H26F3N5O2S/c1-12(18-7-14(28)8-22(32-18)24(25,26)27)29-23-17-9-20(34-15-5-6-33-11-15)21(35-16-3-4-16)10-19(17)30-13(2)31-23/h7-10,12,15-16H,3-6,11H2,1-2H3,(H2,28,32)(H,29,30,31)/t12-,15+/m1/s1. The number of ether oxygens (including phenoxy) is 2. The molecule has 1 aromatic carbocycles. The average molecular weight is 506 g/mol. The van der Waals surface area contributed by atoms with Crippen molar-refractivity contribution in [2.24, 2.45) is 0 Å². The van der Waals surface area contributed by atoms with Crippen LogP contribution in [-0.2, 0) is 10.9 Å². The maximum absolute atomic E-state index is 13.3. The van der Waals surface area contributed by atoms with Crippen molar-refractivity contribution in [3.63, 3.8) is 0 Å². The van der Waals surface area contributed by atoms with E-state index in [1.807, 2.05) is 12.1 Å². The lowest BCUT2D eigenvalue weighted by molar-refractivity contribution is -0.141. The maximum Gasteiger partial charge on any atom is 0.433 e. The molecule has 3 aromatic rings. The van der Waals surface area contributed by atoms with E-state index in [2.05, 4.69) is 20.3 Å². The van der Waals surface area contributed by atoms with Crippen molar-refractivity contribution in [2.75, 3.05) is 24.3 Å². The van der Waals surface area contributed by atoms with E-state index >= 15 is 0 Å².